The van der Waals surface area contributed by atoms with E-state index in [9.17, 15) is 20.1 Å². The van der Waals surface area contributed by atoms with E-state index >= 15 is 0 Å². The van der Waals surface area contributed by atoms with Crippen LogP contribution < -0.4 is 5.32 Å². The van der Waals surface area contributed by atoms with Crippen LogP contribution in [0.25, 0.3) is 0 Å². The van der Waals surface area contributed by atoms with E-state index in [0.717, 1.165) is 0 Å². The third kappa shape index (κ3) is 10.5. The normalized spacial score (nSPS) is 17.0. The number of hydrogen-bond acceptors (Lipinski definition) is 8. The molecule has 4 atom stereocenters. The predicted octanol–water partition coefficient (Wildman–Crippen LogP) is -2.80. The first kappa shape index (κ1) is 20.2. The van der Waals surface area contributed by atoms with Gasteiger partial charge in [-0.2, -0.15) is 0 Å². The van der Waals surface area contributed by atoms with Gasteiger partial charge in [-0.15, -0.1) is 0 Å². The van der Waals surface area contributed by atoms with Gasteiger partial charge in [-0.1, -0.05) is 0 Å². The van der Waals surface area contributed by atoms with Gasteiger partial charge < -0.3 is 40.0 Å². The number of aliphatic hydroxyl groups is 4. The van der Waals surface area contributed by atoms with Crippen LogP contribution in [-0.2, 0) is 19.0 Å². The lowest BCUT2D eigenvalue weighted by Gasteiger charge is -2.24. The van der Waals surface area contributed by atoms with Gasteiger partial charge in [0.25, 0.3) is 0 Å². The highest BCUT2D eigenvalue weighted by atomic mass is 16.7. The molecule has 0 heterocycles. The predicted molar refractivity (Wildman–Crippen MR) is 71.4 cm³/mol. The Balaban J connectivity index is 3.87. The lowest BCUT2D eigenvalue weighted by molar-refractivity contribution is -0.210. The number of carbonyl (C=O) groups is 1. The van der Waals surface area contributed by atoms with Gasteiger partial charge in [0.05, 0.1) is 33.0 Å². The molecule has 0 aliphatic carbocycles. The summed E-state index contributed by atoms with van der Waals surface area (Å²) in [6, 6.07) is 0. The van der Waals surface area contributed by atoms with Crippen LogP contribution in [0.2, 0.25) is 0 Å². The van der Waals surface area contributed by atoms with Crippen molar-refractivity contribution in [2.45, 2.75) is 31.5 Å². The number of hydrogen-bond donors (Lipinski definition) is 5. The Morgan fingerprint density at radius 2 is 1.76 bits per heavy atom. The largest absolute Gasteiger partial charge is 0.394 e. The standard InChI is InChI=1S/C12H25NO8/c1-9(16)12(20-5-3-14)21-7-11(18)10(17)6-19-4-2-13-8-15/h8-12,14,16-18H,2-7H2,1H3,(H,13,15). The van der Waals surface area contributed by atoms with E-state index in [-0.39, 0.29) is 33.0 Å². The van der Waals surface area contributed by atoms with Gasteiger partial charge in [0.1, 0.15) is 18.3 Å². The first-order chi connectivity index (χ1) is 10.0. The average molecular weight is 311 g/mol. The Bertz CT molecular complexity index is 253. The number of rotatable bonds is 14. The molecule has 0 aromatic carbocycles. The fourth-order valence-electron chi connectivity index (χ4n) is 1.31. The molecule has 0 aliphatic heterocycles. The zero-order valence-corrected chi connectivity index (χ0v) is 12.1. The van der Waals surface area contributed by atoms with Crippen LogP contribution in [0, 0.1) is 0 Å². The molecular weight excluding hydrogens is 286 g/mol. The number of amides is 1. The third-order valence-corrected chi connectivity index (χ3v) is 2.41. The molecule has 0 saturated carbocycles. The highest BCUT2D eigenvalue weighted by molar-refractivity contribution is 5.45. The summed E-state index contributed by atoms with van der Waals surface area (Å²) in [5.74, 6) is 0. The van der Waals surface area contributed by atoms with E-state index in [4.69, 9.17) is 19.3 Å². The number of nitrogens with one attached hydrogen (secondary N) is 1. The molecular formula is C12H25NO8. The first-order valence-electron chi connectivity index (χ1n) is 6.66. The van der Waals surface area contributed by atoms with Gasteiger partial charge in [0.15, 0.2) is 6.29 Å². The minimum atomic E-state index is -1.22. The SMILES string of the molecule is CC(O)C(OCCO)OCC(O)C(O)COCCNC=O. The molecule has 0 rings (SSSR count). The van der Waals surface area contributed by atoms with Crippen molar-refractivity contribution in [1.82, 2.24) is 5.32 Å². The summed E-state index contributed by atoms with van der Waals surface area (Å²) in [6.07, 6.45) is -3.81. The number of ether oxygens (including phenoxy) is 3. The van der Waals surface area contributed by atoms with Crippen molar-refractivity contribution in [2.75, 3.05) is 39.6 Å². The van der Waals surface area contributed by atoms with Crippen molar-refractivity contribution >= 4 is 6.41 Å². The summed E-state index contributed by atoms with van der Waals surface area (Å²) in [5, 5.41) is 39.7. The van der Waals surface area contributed by atoms with Crippen LogP contribution >= 0.6 is 0 Å². The second kappa shape index (κ2) is 12.9. The van der Waals surface area contributed by atoms with Crippen LogP contribution in [0.4, 0.5) is 0 Å². The van der Waals surface area contributed by atoms with E-state index in [1.165, 1.54) is 6.92 Å². The topological polar surface area (TPSA) is 138 Å². The number of aliphatic hydroxyl groups excluding tert-OH is 4. The molecule has 0 aliphatic rings. The molecule has 5 N–H and O–H groups in total. The van der Waals surface area contributed by atoms with Crippen LogP contribution in [0.5, 0.6) is 0 Å². The van der Waals surface area contributed by atoms with Crippen molar-refractivity contribution < 1.29 is 39.4 Å². The van der Waals surface area contributed by atoms with Crippen LogP contribution in [-0.4, -0.2) is 91.0 Å². The third-order valence-electron chi connectivity index (χ3n) is 2.41. The molecule has 9 heteroatoms. The first-order valence-corrected chi connectivity index (χ1v) is 6.66. The monoisotopic (exact) mass is 311 g/mol. The van der Waals surface area contributed by atoms with Crippen molar-refractivity contribution in [2.24, 2.45) is 0 Å². The molecule has 9 nitrogen and oxygen atoms in total. The maximum Gasteiger partial charge on any atom is 0.207 e. The molecule has 0 bridgehead atoms. The van der Waals surface area contributed by atoms with E-state index in [1.54, 1.807) is 0 Å². The summed E-state index contributed by atoms with van der Waals surface area (Å²) < 4.78 is 15.2. The maximum absolute atomic E-state index is 9.97. The van der Waals surface area contributed by atoms with E-state index in [0.29, 0.717) is 13.0 Å². The molecule has 0 radical (unpaired) electrons. The van der Waals surface area contributed by atoms with Crippen molar-refractivity contribution in [1.29, 1.82) is 0 Å². The van der Waals surface area contributed by atoms with Gasteiger partial charge in [-0.3, -0.25) is 4.79 Å². The lowest BCUT2D eigenvalue weighted by Crippen LogP contribution is -2.39. The van der Waals surface area contributed by atoms with Crippen LogP contribution in [0.3, 0.4) is 0 Å². The van der Waals surface area contributed by atoms with Crippen LogP contribution in [0.1, 0.15) is 6.92 Å². The fourth-order valence-corrected chi connectivity index (χ4v) is 1.31. The Kier molecular flexibility index (Phi) is 12.4. The highest BCUT2D eigenvalue weighted by Gasteiger charge is 2.21. The zero-order valence-electron chi connectivity index (χ0n) is 12.1. The second-order valence-electron chi connectivity index (χ2n) is 4.32. The van der Waals surface area contributed by atoms with E-state index in [1.807, 2.05) is 0 Å². The lowest BCUT2D eigenvalue weighted by atomic mass is 10.2. The maximum atomic E-state index is 9.97. The Morgan fingerprint density at radius 3 is 2.33 bits per heavy atom. The van der Waals surface area contributed by atoms with E-state index in [2.05, 4.69) is 5.32 Å². The van der Waals surface area contributed by atoms with Gasteiger partial charge in [0, 0.05) is 6.54 Å². The highest BCUT2D eigenvalue weighted by Crippen LogP contribution is 2.04. The smallest absolute Gasteiger partial charge is 0.207 e. The van der Waals surface area contributed by atoms with Gasteiger partial charge in [-0.25, -0.2) is 0 Å². The summed E-state index contributed by atoms with van der Waals surface area (Å²) in [7, 11) is 0. The molecule has 0 aromatic heterocycles. The fraction of sp³-hybridized carbons (Fsp3) is 0.917. The molecule has 0 spiro atoms. The summed E-state index contributed by atoms with van der Waals surface area (Å²) in [4.78, 5) is 9.97. The molecule has 0 aromatic rings. The zero-order chi connectivity index (χ0) is 16.1. The minimum Gasteiger partial charge on any atom is -0.394 e. The van der Waals surface area contributed by atoms with Gasteiger partial charge in [-0.05, 0) is 6.92 Å². The van der Waals surface area contributed by atoms with Crippen LogP contribution in [0.15, 0.2) is 0 Å². The Morgan fingerprint density at radius 1 is 1.10 bits per heavy atom. The summed E-state index contributed by atoms with van der Waals surface area (Å²) in [5.41, 5.74) is 0. The number of carbonyl (C=O) groups excluding carboxylic acids is 1. The van der Waals surface area contributed by atoms with Gasteiger partial charge >= 0.3 is 0 Å². The molecule has 126 valence electrons. The van der Waals surface area contributed by atoms with Crippen molar-refractivity contribution in [3.8, 4) is 0 Å². The summed E-state index contributed by atoms with van der Waals surface area (Å²) in [6.45, 7) is 1.33. The summed E-state index contributed by atoms with van der Waals surface area (Å²) >= 11 is 0. The Labute approximate surface area is 123 Å². The molecule has 0 fully saturated rings. The minimum absolute atomic E-state index is 0.0128. The molecule has 21 heavy (non-hydrogen) atoms. The second-order valence-corrected chi connectivity index (χ2v) is 4.32. The van der Waals surface area contributed by atoms with E-state index < -0.39 is 24.6 Å². The quantitative estimate of drug-likeness (QED) is 0.132. The van der Waals surface area contributed by atoms with Gasteiger partial charge in [0.2, 0.25) is 6.41 Å². The van der Waals surface area contributed by atoms with Crippen molar-refractivity contribution in [3.63, 3.8) is 0 Å². The molecule has 4 unspecified atom stereocenters. The molecule has 0 saturated heterocycles. The van der Waals surface area contributed by atoms with Crippen molar-refractivity contribution in [3.05, 3.63) is 0 Å². The Hall–Kier alpha value is -0.810. The average Bonchev–Trinajstić information content (AvgIpc) is 2.46. The molecule has 1 amide bonds.